The van der Waals surface area contributed by atoms with Gasteiger partial charge in [-0.25, -0.2) is 0 Å². The summed E-state index contributed by atoms with van der Waals surface area (Å²) in [4.78, 5) is 4.61. The Balaban J connectivity index is 1.88. The van der Waals surface area contributed by atoms with Gasteiger partial charge in [-0.3, -0.25) is 4.99 Å². The molecule has 1 nitrogen and oxygen atoms in total. The van der Waals surface area contributed by atoms with Crippen LogP contribution in [0.1, 0.15) is 23.6 Å². The van der Waals surface area contributed by atoms with Gasteiger partial charge < -0.3 is 0 Å². The van der Waals surface area contributed by atoms with Gasteiger partial charge in [-0.1, -0.05) is 53.6 Å². The minimum Gasteiger partial charge on any atom is -0.294 e. The van der Waals surface area contributed by atoms with E-state index in [9.17, 15) is 0 Å². The largest absolute Gasteiger partial charge is 0.294 e. The summed E-state index contributed by atoms with van der Waals surface area (Å²) in [7, 11) is 0. The SMILES string of the molecule is Cc1cccc(C[C@@H](C)N=CCc2cccc(Cl)c2)c1. The molecule has 0 N–H and O–H groups in total. The Kier molecular flexibility index (Phi) is 5.37. The third-order valence-corrected chi connectivity index (χ3v) is 3.42. The van der Waals surface area contributed by atoms with Crippen LogP contribution in [0.2, 0.25) is 5.02 Å². The molecule has 0 unspecified atom stereocenters. The zero-order valence-electron chi connectivity index (χ0n) is 12.0. The Bertz CT molecular complexity index is 589. The molecule has 2 heteroatoms. The standard InChI is InChI=1S/C18H20ClN/c1-14-5-3-7-17(11-14)12-15(2)20-10-9-16-6-4-8-18(19)13-16/h3-8,10-11,13,15H,9,12H2,1-2H3/t15-/m1/s1. The zero-order chi connectivity index (χ0) is 14.4. The maximum absolute atomic E-state index is 5.96. The average molecular weight is 286 g/mol. The number of aliphatic imine (C=N–C) groups is 1. The molecule has 0 aromatic heterocycles. The average Bonchev–Trinajstić information content (AvgIpc) is 2.38. The lowest BCUT2D eigenvalue weighted by Gasteiger charge is -2.07. The molecule has 2 aromatic rings. The van der Waals surface area contributed by atoms with Crippen LogP contribution in [0.15, 0.2) is 53.5 Å². The van der Waals surface area contributed by atoms with Crippen LogP contribution in [0.4, 0.5) is 0 Å². The van der Waals surface area contributed by atoms with Crippen molar-refractivity contribution in [2.75, 3.05) is 0 Å². The summed E-state index contributed by atoms with van der Waals surface area (Å²) in [6.07, 6.45) is 3.80. The van der Waals surface area contributed by atoms with E-state index in [0.29, 0.717) is 6.04 Å². The molecule has 0 aliphatic rings. The lowest BCUT2D eigenvalue weighted by molar-refractivity contribution is 0.741. The number of benzene rings is 2. The molecule has 0 bridgehead atoms. The first-order valence-corrected chi connectivity index (χ1v) is 7.33. The van der Waals surface area contributed by atoms with E-state index in [-0.39, 0.29) is 0 Å². The number of rotatable bonds is 5. The van der Waals surface area contributed by atoms with Crippen LogP contribution in [0, 0.1) is 6.92 Å². The number of hydrogen-bond donors (Lipinski definition) is 0. The summed E-state index contributed by atoms with van der Waals surface area (Å²) in [6.45, 7) is 4.27. The predicted molar refractivity (Wildman–Crippen MR) is 88.0 cm³/mol. The van der Waals surface area contributed by atoms with Crippen molar-refractivity contribution in [3.63, 3.8) is 0 Å². The smallest absolute Gasteiger partial charge is 0.0508 e. The summed E-state index contributed by atoms with van der Waals surface area (Å²) in [5.74, 6) is 0. The van der Waals surface area contributed by atoms with E-state index in [0.717, 1.165) is 17.9 Å². The second-order valence-electron chi connectivity index (χ2n) is 5.21. The highest BCUT2D eigenvalue weighted by atomic mass is 35.5. The van der Waals surface area contributed by atoms with E-state index >= 15 is 0 Å². The highest BCUT2D eigenvalue weighted by Crippen LogP contribution is 2.11. The summed E-state index contributed by atoms with van der Waals surface area (Å²) in [6, 6.07) is 16.8. The van der Waals surface area contributed by atoms with Gasteiger partial charge >= 0.3 is 0 Å². The monoisotopic (exact) mass is 285 g/mol. The molecule has 0 heterocycles. The maximum atomic E-state index is 5.96. The molecule has 0 spiro atoms. The molecule has 1 atom stereocenters. The van der Waals surface area contributed by atoms with Gasteiger partial charge in [0.25, 0.3) is 0 Å². The highest BCUT2D eigenvalue weighted by Gasteiger charge is 2.01. The minimum atomic E-state index is 0.302. The quantitative estimate of drug-likeness (QED) is 0.693. The first kappa shape index (κ1) is 14.8. The topological polar surface area (TPSA) is 12.4 Å². The van der Waals surface area contributed by atoms with Crippen molar-refractivity contribution in [3.8, 4) is 0 Å². The lowest BCUT2D eigenvalue weighted by atomic mass is 10.1. The van der Waals surface area contributed by atoms with Crippen LogP contribution in [0.5, 0.6) is 0 Å². The van der Waals surface area contributed by atoms with Crippen molar-refractivity contribution < 1.29 is 0 Å². The Morgan fingerprint density at radius 3 is 2.60 bits per heavy atom. The Morgan fingerprint density at radius 1 is 1.10 bits per heavy atom. The zero-order valence-corrected chi connectivity index (χ0v) is 12.8. The maximum Gasteiger partial charge on any atom is 0.0508 e. The molecular weight excluding hydrogens is 266 g/mol. The second-order valence-corrected chi connectivity index (χ2v) is 5.64. The second kappa shape index (κ2) is 7.25. The van der Waals surface area contributed by atoms with Crippen molar-refractivity contribution in [1.29, 1.82) is 0 Å². The van der Waals surface area contributed by atoms with E-state index in [1.165, 1.54) is 16.7 Å². The van der Waals surface area contributed by atoms with E-state index < -0.39 is 0 Å². The third kappa shape index (κ3) is 4.82. The molecule has 104 valence electrons. The van der Waals surface area contributed by atoms with Crippen LogP contribution in [0.3, 0.4) is 0 Å². The summed E-state index contributed by atoms with van der Waals surface area (Å²) < 4.78 is 0. The van der Waals surface area contributed by atoms with Crippen molar-refractivity contribution in [2.24, 2.45) is 4.99 Å². The number of aryl methyl sites for hydroxylation is 1. The van der Waals surface area contributed by atoms with Gasteiger partial charge in [0.2, 0.25) is 0 Å². The van der Waals surface area contributed by atoms with Crippen molar-refractivity contribution in [1.82, 2.24) is 0 Å². The Morgan fingerprint density at radius 2 is 1.85 bits per heavy atom. The molecule has 0 amide bonds. The molecule has 2 aromatic carbocycles. The summed E-state index contributed by atoms with van der Waals surface area (Å²) in [5, 5.41) is 0.781. The number of halogens is 1. The van der Waals surface area contributed by atoms with Crippen LogP contribution < -0.4 is 0 Å². The molecule has 2 rings (SSSR count). The third-order valence-electron chi connectivity index (χ3n) is 3.19. The van der Waals surface area contributed by atoms with Crippen LogP contribution in [-0.2, 0) is 12.8 Å². The molecular formula is C18H20ClN. The molecule has 0 radical (unpaired) electrons. The summed E-state index contributed by atoms with van der Waals surface area (Å²) >= 11 is 5.96. The molecule has 0 fully saturated rings. The molecule has 0 saturated heterocycles. The van der Waals surface area contributed by atoms with Gasteiger partial charge in [0.05, 0.1) is 6.04 Å². The molecule has 0 saturated carbocycles. The lowest BCUT2D eigenvalue weighted by Crippen LogP contribution is -2.04. The summed E-state index contributed by atoms with van der Waals surface area (Å²) in [5.41, 5.74) is 3.85. The number of hydrogen-bond acceptors (Lipinski definition) is 1. The van der Waals surface area contributed by atoms with Gasteiger partial charge in [-0.2, -0.15) is 0 Å². The van der Waals surface area contributed by atoms with Gasteiger partial charge in [-0.15, -0.1) is 0 Å². The van der Waals surface area contributed by atoms with Crippen molar-refractivity contribution >= 4 is 17.8 Å². The van der Waals surface area contributed by atoms with Gasteiger partial charge in [0, 0.05) is 17.7 Å². The van der Waals surface area contributed by atoms with Crippen LogP contribution >= 0.6 is 11.6 Å². The normalized spacial score (nSPS) is 12.8. The number of nitrogens with zero attached hydrogens (tertiary/aromatic N) is 1. The van der Waals surface area contributed by atoms with Gasteiger partial charge in [0.15, 0.2) is 0 Å². The van der Waals surface area contributed by atoms with E-state index in [1.54, 1.807) is 0 Å². The van der Waals surface area contributed by atoms with Crippen molar-refractivity contribution in [3.05, 3.63) is 70.2 Å². The van der Waals surface area contributed by atoms with Gasteiger partial charge in [-0.05, 0) is 43.5 Å². The fourth-order valence-electron chi connectivity index (χ4n) is 2.23. The molecule has 20 heavy (non-hydrogen) atoms. The van der Waals surface area contributed by atoms with Gasteiger partial charge in [0.1, 0.15) is 0 Å². The fraction of sp³-hybridized carbons (Fsp3) is 0.278. The Labute approximate surface area is 126 Å². The van der Waals surface area contributed by atoms with Crippen molar-refractivity contribution in [2.45, 2.75) is 32.7 Å². The first-order valence-electron chi connectivity index (χ1n) is 6.95. The predicted octanol–water partition coefficient (Wildman–Crippen LogP) is 4.89. The van der Waals surface area contributed by atoms with E-state index in [2.05, 4.69) is 49.2 Å². The minimum absolute atomic E-state index is 0.302. The molecule has 0 aliphatic heterocycles. The fourth-order valence-corrected chi connectivity index (χ4v) is 2.45. The molecule has 0 aliphatic carbocycles. The van der Waals surface area contributed by atoms with E-state index in [4.69, 9.17) is 11.6 Å². The Hall–Kier alpha value is -1.60. The van der Waals surface area contributed by atoms with E-state index in [1.807, 2.05) is 24.4 Å². The van der Waals surface area contributed by atoms with Crippen LogP contribution in [-0.4, -0.2) is 12.3 Å². The highest BCUT2D eigenvalue weighted by molar-refractivity contribution is 6.30. The first-order chi connectivity index (χ1) is 9.63. The van der Waals surface area contributed by atoms with Crippen LogP contribution in [0.25, 0.3) is 0 Å².